The van der Waals surface area contributed by atoms with Gasteiger partial charge in [0, 0.05) is 6.42 Å². The standard InChI is InChI=1S/C11H21N3O5.H2O/c12-6-2-1-3-8(11(18)19)14-9(15)5-4-7(13)10(16)17;/h7-8H,1-6,12-13H2,(H,14,15)(H,16,17)(H,18,19);1H2/t7-,8?;/m0./s1. The highest BCUT2D eigenvalue weighted by Crippen LogP contribution is 2.02. The van der Waals surface area contributed by atoms with E-state index >= 15 is 0 Å². The second kappa shape index (κ2) is 11.1. The van der Waals surface area contributed by atoms with Crippen LogP contribution < -0.4 is 16.8 Å². The molecule has 9 N–H and O–H groups in total. The zero-order valence-corrected chi connectivity index (χ0v) is 11.2. The number of hydrogen-bond acceptors (Lipinski definition) is 5. The van der Waals surface area contributed by atoms with Crippen LogP contribution in [0.4, 0.5) is 0 Å². The fourth-order valence-electron chi connectivity index (χ4n) is 1.43. The Morgan fingerprint density at radius 2 is 1.65 bits per heavy atom. The molecule has 1 unspecified atom stereocenters. The molecule has 0 aliphatic carbocycles. The summed E-state index contributed by atoms with van der Waals surface area (Å²) < 4.78 is 0. The summed E-state index contributed by atoms with van der Waals surface area (Å²) in [6, 6.07) is -2.09. The summed E-state index contributed by atoms with van der Waals surface area (Å²) in [5.41, 5.74) is 10.5. The Morgan fingerprint density at radius 1 is 1.05 bits per heavy atom. The van der Waals surface area contributed by atoms with E-state index in [1.54, 1.807) is 0 Å². The SMILES string of the molecule is NCCCCC(NC(=O)CC[C@H](N)C(=O)O)C(=O)O.O. The van der Waals surface area contributed by atoms with E-state index in [1.807, 2.05) is 0 Å². The van der Waals surface area contributed by atoms with Crippen LogP contribution in [0.5, 0.6) is 0 Å². The van der Waals surface area contributed by atoms with Crippen LogP contribution in [0.3, 0.4) is 0 Å². The molecule has 9 nitrogen and oxygen atoms in total. The van der Waals surface area contributed by atoms with Crippen molar-refractivity contribution in [2.45, 2.75) is 44.2 Å². The largest absolute Gasteiger partial charge is 0.480 e. The Bertz CT molecular complexity index is 323. The zero-order valence-electron chi connectivity index (χ0n) is 11.2. The number of unbranched alkanes of at least 4 members (excludes halogenated alkanes) is 1. The molecule has 0 aromatic heterocycles. The lowest BCUT2D eigenvalue weighted by atomic mass is 10.1. The van der Waals surface area contributed by atoms with Crippen molar-refractivity contribution in [1.82, 2.24) is 5.32 Å². The number of rotatable bonds is 10. The van der Waals surface area contributed by atoms with Crippen molar-refractivity contribution in [2.75, 3.05) is 6.54 Å². The summed E-state index contributed by atoms with van der Waals surface area (Å²) in [6.07, 6.45) is 1.43. The molecule has 0 aliphatic rings. The Balaban J connectivity index is 0. The summed E-state index contributed by atoms with van der Waals surface area (Å²) in [4.78, 5) is 32.8. The summed E-state index contributed by atoms with van der Waals surface area (Å²) in [5.74, 6) is -2.82. The molecule has 118 valence electrons. The Hall–Kier alpha value is -1.71. The first-order chi connectivity index (χ1) is 8.88. The minimum Gasteiger partial charge on any atom is -0.480 e. The maximum atomic E-state index is 11.5. The lowest BCUT2D eigenvalue weighted by Gasteiger charge is -2.14. The molecule has 0 fully saturated rings. The van der Waals surface area contributed by atoms with Gasteiger partial charge in [0.05, 0.1) is 0 Å². The van der Waals surface area contributed by atoms with E-state index in [2.05, 4.69) is 5.32 Å². The Labute approximate surface area is 116 Å². The number of hydrogen-bond donors (Lipinski definition) is 5. The third-order valence-electron chi connectivity index (χ3n) is 2.58. The van der Waals surface area contributed by atoms with Crippen molar-refractivity contribution >= 4 is 17.8 Å². The van der Waals surface area contributed by atoms with Gasteiger partial charge in [0.15, 0.2) is 0 Å². The summed E-state index contributed by atoms with van der Waals surface area (Å²) in [7, 11) is 0. The monoisotopic (exact) mass is 293 g/mol. The lowest BCUT2D eigenvalue weighted by Crippen LogP contribution is -2.41. The van der Waals surface area contributed by atoms with Crippen LogP contribution in [0.2, 0.25) is 0 Å². The molecule has 0 aromatic carbocycles. The number of carboxylic acid groups (broad SMARTS) is 2. The van der Waals surface area contributed by atoms with Crippen molar-refractivity contribution in [3.05, 3.63) is 0 Å². The number of nitrogens with two attached hydrogens (primary N) is 2. The fourth-order valence-corrected chi connectivity index (χ4v) is 1.43. The number of carboxylic acids is 2. The smallest absolute Gasteiger partial charge is 0.326 e. The van der Waals surface area contributed by atoms with Gasteiger partial charge in [0.1, 0.15) is 12.1 Å². The number of carbonyl (C=O) groups is 3. The van der Waals surface area contributed by atoms with Gasteiger partial charge in [-0.2, -0.15) is 0 Å². The van der Waals surface area contributed by atoms with Gasteiger partial charge in [-0.3, -0.25) is 9.59 Å². The quantitative estimate of drug-likeness (QED) is 0.289. The summed E-state index contributed by atoms with van der Waals surface area (Å²) in [5, 5.41) is 19.8. The van der Waals surface area contributed by atoms with Crippen molar-refractivity contribution in [3.63, 3.8) is 0 Å². The van der Waals surface area contributed by atoms with E-state index < -0.39 is 29.9 Å². The minimum absolute atomic E-state index is 0. The second-order valence-corrected chi connectivity index (χ2v) is 4.23. The average Bonchev–Trinajstić information content (AvgIpc) is 2.34. The minimum atomic E-state index is -1.19. The molecule has 0 radical (unpaired) electrons. The number of aliphatic carboxylic acids is 2. The fraction of sp³-hybridized carbons (Fsp3) is 0.727. The molecule has 0 aliphatic heterocycles. The topological polar surface area (TPSA) is 187 Å². The van der Waals surface area contributed by atoms with Gasteiger partial charge in [-0.25, -0.2) is 4.79 Å². The van der Waals surface area contributed by atoms with Crippen LogP contribution >= 0.6 is 0 Å². The van der Waals surface area contributed by atoms with E-state index in [9.17, 15) is 14.4 Å². The maximum absolute atomic E-state index is 11.5. The molecule has 0 saturated heterocycles. The van der Waals surface area contributed by atoms with Gasteiger partial charge in [-0.15, -0.1) is 0 Å². The predicted molar refractivity (Wildman–Crippen MR) is 70.9 cm³/mol. The predicted octanol–water partition coefficient (Wildman–Crippen LogP) is -1.95. The molecule has 2 atom stereocenters. The number of amides is 1. The first-order valence-electron chi connectivity index (χ1n) is 6.09. The normalized spacial score (nSPS) is 12.9. The van der Waals surface area contributed by atoms with Crippen LogP contribution in [0.15, 0.2) is 0 Å². The van der Waals surface area contributed by atoms with Crippen molar-refractivity contribution < 1.29 is 30.1 Å². The molecule has 20 heavy (non-hydrogen) atoms. The van der Waals surface area contributed by atoms with Crippen molar-refractivity contribution in [3.8, 4) is 0 Å². The van der Waals surface area contributed by atoms with Gasteiger partial charge in [-0.05, 0) is 32.2 Å². The highest BCUT2D eigenvalue weighted by molar-refractivity contribution is 5.84. The van der Waals surface area contributed by atoms with Crippen LogP contribution in [0.25, 0.3) is 0 Å². The van der Waals surface area contributed by atoms with Crippen LogP contribution in [0, 0.1) is 0 Å². The van der Waals surface area contributed by atoms with Gasteiger partial charge >= 0.3 is 11.9 Å². The molecular formula is C11H23N3O6. The second-order valence-electron chi connectivity index (χ2n) is 4.23. The molecule has 0 saturated carbocycles. The van der Waals surface area contributed by atoms with Gasteiger partial charge in [0.25, 0.3) is 0 Å². The molecule has 0 rings (SSSR count). The molecular weight excluding hydrogens is 270 g/mol. The van der Waals surface area contributed by atoms with E-state index in [-0.39, 0.29) is 18.3 Å². The average molecular weight is 293 g/mol. The molecule has 1 amide bonds. The first-order valence-corrected chi connectivity index (χ1v) is 6.09. The first kappa shape index (κ1) is 20.6. The molecule has 0 heterocycles. The number of carbonyl (C=O) groups excluding carboxylic acids is 1. The summed E-state index contributed by atoms with van der Waals surface area (Å²) in [6.45, 7) is 0.466. The van der Waals surface area contributed by atoms with Gasteiger partial charge in [-0.1, -0.05) is 0 Å². The molecule has 0 spiro atoms. The molecule has 0 aromatic rings. The van der Waals surface area contributed by atoms with Gasteiger partial charge < -0.3 is 32.5 Å². The van der Waals surface area contributed by atoms with Crippen molar-refractivity contribution in [2.24, 2.45) is 11.5 Å². The van der Waals surface area contributed by atoms with E-state index in [1.165, 1.54) is 0 Å². The lowest BCUT2D eigenvalue weighted by molar-refractivity contribution is -0.142. The molecule has 9 heteroatoms. The zero-order chi connectivity index (χ0) is 14.8. The Morgan fingerprint density at radius 3 is 2.10 bits per heavy atom. The number of nitrogens with one attached hydrogen (secondary N) is 1. The maximum Gasteiger partial charge on any atom is 0.326 e. The van der Waals surface area contributed by atoms with Crippen LogP contribution in [0.1, 0.15) is 32.1 Å². The van der Waals surface area contributed by atoms with Crippen molar-refractivity contribution in [1.29, 1.82) is 0 Å². The highest BCUT2D eigenvalue weighted by atomic mass is 16.4. The third-order valence-corrected chi connectivity index (χ3v) is 2.58. The van der Waals surface area contributed by atoms with E-state index in [0.717, 1.165) is 0 Å². The van der Waals surface area contributed by atoms with E-state index in [0.29, 0.717) is 25.8 Å². The highest BCUT2D eigenvalue weighted by Gasteiger charge is 2.20. The van der Waals surface area contributed by atoms with E-state index in [4.69, 9.17) is 21.7 Å². The third kappa shape index (κ3) is 9.25. The van der Waals surface area contributed by atoms with Gasteiger partial charge in [0.2, 0.25) is 5.91 Å². The van der Waals surface area contributed by atoms with Crippen LogP contribution in [-0.4, -0.2) is 52.2 Å². The molecule has 0 bridgehead atoms. The summed E-state index contributed by atoms with van der Waals surface area (Å²) >= 11 is 0. The van der Waals surface area contributed by atoms with Crippen LogP contribution in [-0.2, 0) is 14.4 Å². The Kier molecular flexibility index (Phi) is 11.5.